The number of aliphatic hydroxyl groups excluding tert-OH is 3. The van der Waals surface area contributed by atoms with Crippen LogP contribution in [0.25, 0.3) is 10.9 Å². The molecule has 0 amide bonds. The molecule has 0 aliphatic heterocycles. The molecule has 86 valence electrons. The quantitative estimate of drug-likeness (QED) is 0.687. The second-order valence-corrected chi connectivity index (χ2v) is 4.54. The van der Waals surface area contributed by atoms with E-state index in [1.165, 1.54) is 0 Å². The molecule has 2 rings (SSSR count). The maximum atomic E-state index is 9.82. The van der Waals surface area contributed by atoms with E-state index in [0.29, 0.717) is 5.56 Å². The maximum absolute atomic E-state index is 9.82. The summed E-state index contributed by atoms with van der Waals surface area (Å²) in [4.78, 5) is 3.00. The van der Waals surface area contributed by atoms with Crippen LogP contribution in [0.1, 0.15) is 11.7 Å². The summed E-state index contributed by atoms with van der Waals surface area (Å²) in [6.45, 7) is -0.470. The maximum Gasteiger partial charge on any atom is 0.109 e. The Hall–Kier alpha value is -0.880. The van der Waals surface area contributed by atoms with Crippen LogP contribution in [-0.4, -0.2) is 33.0 Å². The average molecular weight is 286 g/mol. The van der Waals surface area contributed by atoms with Gasteiger partial charge in [-0.25, -0.2) is 0 Å². The Labute approximate surface area is 101 Å². The van der Waals surface area contributed by atoms with Crippen LogP contribution in [0.5, 0.6) is 0 Å². The number of nitrogens with one attached hydrogen (secondary N) is 1. The molecule has 1 heterocycles. The van der Waals surface area contributed by atoms with Gasteiger partial charge in [-0.05, 0) is 18.2 Å². The lowest BCUT2D eigenvalue weighted by atomic mass is 10.0. The van der Waals surface area contributed by atoms with Crippen molar-refractivity contribution in [2.75, 3.05) is 6.61 Å². The molecule has 5 heteroatoms. The fourth-order valence-electron chi connectivity index (χ4n) is 1.67. The topological polar surface area (TPSA) is 76.5 Å². The molecule has 0 spiro atoms. The van der Waals surface area contributed by atoms with Gasteiger partial charge in [0.15, 0.2) is 0 Å². The first-order chi connectivity index (χ1) is 7.63. The Morgan fingerprint density at radius 1 is 1.31 bits per heavy atom. The molecule has 0 fully saturated rings. The van der Waals surface area contributed by atoms with Crippen molar-refractivity contribution in [1.82, 2.24) is 4.98 Å². The van der Waals surface area contributed by atoms with E-state index < -0.39 is 18.8 Å². The van der Waals surface area contributed by atoms with E-state index in [9.17, 15) is 10.2 Å². The van der Waals surface area contributed by atoms with Crippen LogP contribution < -0.4 is 0 Å². The number of aliphatic hydroxyl groups is 3. The van der Waals surface area contributed by atoms with Crippen LogP contribution in [0.15, 0.2) is 28.9 Å². The number of H-pyrrole nitrogens is 1. The Kier molecular flexibility index (Phi) is 3.30. The zero-order valence-electron chi connectivity index (χ0n) is 8.39. The predicted molar refractivity (Wildman–Crippen MR) is 64.1 cm³/mol. The van der Waals surface area contributed by atoms with Crippen molar-refractivity contribution in [3.05, 3.63) is 34.4 Å². The Morgan fingerprint density at radius 3 is 2.75 bits per heavy atom. The van der Waals surface area contributed by atoms with Crippen LogP contribution in [0.4, 0.5) is 0 Å². The number of aromatic amines is 1. The average Bonchev–Trinajstić information content (AvgIpc) is 2.69. The number of fused-ring (bicyclic) bond motifs is 1. The number of halogens is 1. The number of aromatic nitrogens is 1. The first kappa shape index (κ1) is 11.6. The summed E-state index contributed by atoms with van der Waals surface area (Å²) in [5, 5.41) is 28.9. The third kappa shape index (κ3) is 1.99. The van der Waals surface area contributed by atoms with Crippen molar-refractivity contribution in [2.45, 2.75) is 12.2 Å². The van der Waals surface area contributed by atoms with E-state index in [2.05, 4.69) is 20.9 Å². The van der Waals surface area contributed by atoms with Crippen molar-refractivity contribution in [1.29, 1.82) is 0 Å². The molecule has 0 saturated carbocycles. The summed E-state index contributed by atoms with van der Waals surface area (Å²) in [6.07, 6.45) is -0.619. The van der Waals surface area contributed by atoms with E-state index >= 15 is 0 Å². The molecule has 0 aliphatic rings. The SMILES string of the molecule is OCC(O)C(O)c1c[nH]c2ccc(Br)cc12. The van der Waals surface area contributed by atoms with Gasteiger partial charge in [-0.2, -0.15) is 0 Å². The van der Waals surface area contributed by atoms with Gasteiger partial charge in [0.2, 0.25) is 0 Å². The summed E-state index contributed by atoms with van der Waals surface area (Å²) in [5.74, 6) is 0. The highest BCUT2D eigenvalue weighted by Crippen LogP contribution is 2.28. The molecule has 0 saturated heterocycles. The van der Waals surface area contributed by atoms with Gasteiger partial charge < -0.3 is 20.3 Å². The van der Waals surface area contributed by atoms with E-state index in [1.54, 1.807) is 6.20 Å². The summed E-state index contributed by atoms with van der Waals surface area (Å²) >= 11 is 3.35. The largest absolute Gasteiger partial charge is 0.394 e. The second-order valence-electron chi connectivity index (χ2n) is 3.63. The monoisotopic (exact) mass is 285 g/mol. The molecule has 2 atom stereocenters. The minimum atomic E-state index is -1.17. The zero-order chi connectivity index (χ0) is 11.7. The van der Waals surface area contributed by atoms with Gasteiger partial charge in [0, 0.05) is 27.1 Å². The molecule has 0 radical (unpaired) electrons. The van der Waals surface area contributed by atoms with Crippen molar-refractivity contribution < 1.29 is 15.3 Å². The molecule has 0 bridgehead atoms. The van der Waals surface area contributed by atoms with E-state index in [-0.39, 0.29) is 0 Å². The molecule has 4 N–H and O–H groups in total. The Bertz CT molecular complexity index is 497. The third-order valence-electron chi connectivity index (χ3n) is 2.55. The molecule has 2 unspecified atom stereocenters. The molecular weight excluding hydrogens is 274 g/mol. The van der Waals surface area contributed by atoms with Gasteiger partial charge in [-0.15, -0.1) is 0 Å². The fraction of sp³-hybridized carbons (Fsp3) is 0.273. The number of rotatable bonds is 3. The van der Waals surface area contributed by atoms with Gasteiger partial charge >= 0.3 is 0 Å². The highest BCUT2D eigenvalue weighted by Gasteiger charge is 2.20. The molecule has 0 aliphatic carbocycles. The second kappa shape index (κ2) is 4.55. The van der Waals surface area contributed by atoms with Gasteiger partial charge in [-0.3, -0.25) is 0 Å². The van der Waals surface area contributed by atoms with Crippen molar-refractivity contribution in [2.24, 2.45) is 0 Å². The van der Waals surface area contributed by atoms with E-state index in [4.69, 9.17) is 5.11 Å². The zero-order valence-corrected chi connectivity index (χ0v) is 9.98. The lowest BCUT2D eigenvalue weighted by molar-refractivity contribution is -0.0145. The number of hydrogen-bond acceptors (Lipinski definition) is 3. The lowest BCUT2D eigenvalue weighted by Crippen LogP contribution is -2.21. The van der Waals surface area contributed by atoms with Crippen LogP contribution in [0.3, 0.4) is 0 Å². The Balaban J connectivity index is 2.48. The first-order valence-electron chi connectivity index (χ1n) is 4.87. The molecule has 16 heavy (non-hydrogen) atoms. The number of hydrogen-bond donors (Lipinski definition) is 4. The van der Waals surface area contributed by atoms with Crippen LogP contribution in [0, 0.1) is 0 Å². The van der Waals surface area contributed by atoms with E-state index in [0.717, 1.165) is 15.4 Å². The Morgan fingerprint density at radius 2 is 2.06 bits per heavy atom. The van der Waals surface area contributed by atoms with Crippen molar-refractivity contribution in [3.63, 3.8) is 0 Å². The molecule has 2 aromatic rings. The van der Waals surface area contributed by atoms with Crippen LogP contribution >= 0.6 is 15.9 Å². The lowest BCUT2D eigenvalue weighted by Gasteiger charge is -2.14. The molecule has 1 aromatic heterocycles. The number of benzene rings is 1. The summed E-state index contributed by atoms with van der Waals surface area (Å²) in [6, 6.07) is 5.62. The van der Waals surface area contributed by atoms with Gasteiger partial charge in [0.05, 0.1) is 6.61 Å². The van der Waals surface area contributed by atoms with E-state index in [1.807, 2.05) is 18.2 Å². The summed E-state index contributed by atoms with van der Waals surface area (Å²) < 4.78 is 0.895. The normalized spacial score (nSPS) is 15.2. The summed E-state index contributed by atoms with van der Waals surface area (Å²) in [5.41, 5.74) is 1.46. The van der Waals surface area contributed by atoms with Crippen molar-refractivity contribution in [3.8, 4) is 0 Å². The van der Waals surface area contributed by atoms with Crippen molar-refractivity contribution >= 4 is 26.8 Å². The third-order valence-corrected chi connectivity index (χ3v) is 3.04. The highest BCUT2D eigenvalue weighted by molar-refractivity contribution is 9.10. The van der Waals surface area contributed by atoms with Crippen LogP contribution in [-0.2, 0) is 0 Å². The molecular formula is C11H12BrNO3. The van der Waals surface area contributed by atoms with Gasteiger partial charge in [0.25, 0.3) is 0 Å². The minimum absolute atomic E-state index is 0.470. The fourth-order valence-corrected chi connectivity index (χ4v) is 2.03. The summed E-state index contributed by atoms with van der Waals surface area (Å²) in [7, 11) is 0. The first-order valence-corrected chi connectivity index (χ1v) is 5.66. The highest BCUT2D eigenvalue weighted by atomic mass is 79.9. The van der Waals surface area contributed by atoms with Gasteiger partial charge in [0.1, 0.15) is 12.2 Å². The molecule has 4 nitrogen and oxygen atoms in total. The predicted octanol–water partition coefficient (Wildman–Crippen LogP) is 1.32. The standard InChI is InChI=1S/C11H12BrNO3/c12-6-1-2-9-7(3-6)8(4-13-9)11(16)10(15)5-14/h1-4,10-11,13-16H,5H2. The molecule has 1 aromatic carbocycles. The smallest absolute Gasteiger partial charge is 0.109 e. The van der Waals surface area contributed by atoms with Crippen LogP contribution in [0.2, 0.25) is 0 Å². The van der Waals surface area contributed by atoms with Gasteiger partial charge in [-0.1, -0.05) is 15.9 Å². The minimum Gasteiger partial charge on any atom is -0.394 e.